The fraction of sp³-hybridized carbons (Fsp3) is 0.500. The van der Waals surface area contributed by atoms with Crippen LogP contribution in [0.25, 0.3) is 0 Å². The topological polar surface area (TPSA) is 35.2 Å². The zero-order valence-electron chi connectivity index (χ0n) is 9.54. The minimum atomic E-state index is -0.142. The summed E-state index contributed by atoms with van der Waals surface area (Å²) in [6.45, 7) is 1.22. The highest BCUT2D eigenvalue weighted by molar-refractivity contribution is 7.98. The molecule has 0 spiro atoms. The van der Waals surface area contributed by atoms with Crippen LogP contribution in [-0.2, 0) is 17.0 Å². The van der Waals surface area contributed by atoms with Crippen molar-refractivity contribution in [1.82, 2.24) is 0 Å². The molecule has 0 aliphatic carbocycles. The lowest BCUT2D eigenvalue weighted by Crippen LogP contribution is -1.99. The molecule has 1 rings (SSSR count). The molecule has 0 heterocycles. The smallest absolute Gasteiger partial charge is 0.127 e. The van der Waals surface area contributed by atoms with E-state index in [1.807, 2.05) is 6.07 Å². The molecular weight excluding hydrogens is 225 g/mol. The lowest BCUT2D eigenvalue weighted by molar-refractivity contribution is 0.200. The van der Waals surface area contributed by atoms with Gasteiger partial charge in [-0.15, -0.1) is 0 Å². The van der Waals surface area contributed by atoms with Gasteiger partial charge in [0.05, 0.1) is 0 Å². The summed E-state index contributed by atoms with van der Waals surface area (Å²) in [6, 6.07) is 5.07. The molecule has 0 atom stereocenters. The standard InChI is InChI=1S/C12H18FNOS/c1-15-5-2-6-16-9-11-7-10(8-14)3-4-12(11)13/h3-4,7H,2,5-6,8-9,14H2,1H3. The third-order valence-corrected chi connectivity index (χ3v) is 3.33. The van der Waals surface area contributed by atoms with Crippen LogP contribution in [0.4, 0.5) is 4.39 Å². The van der Waals surface area contributed by atoms with Crippen molar-refractivity contribution in [3.63, 3.8) is 0 Å². The molecule has 0 aromatic heterocycles. The van der Waals surface area contributed by atoms with Gasteiger partial charge in [0.1, 0.15) is 5.82 Å². The minimum Gasteiger partial charge on any atom is -0.385 e. The molecule has 2 N–H and O–H groups in total. The first kappa shape index (κ1) is 13.5. The Balaban J connectivity index is 2.40. The van der Waals surface area contributed by atoms with Gasteiger partial charge in [0.15, 0.2) is 0 Å². The fourth-order valence-electron chi connectivity index (χ4n) is 1.35. The van der Waals surface area contributed by atoms with E-state index < -0.39 is 0 Å². The quantitative estimate of drug-likeness (QED) is 0.747. The number of methoxy groups -OCH3 is 1. The Hall–Kier alpha value is -0.580. The zero-order valence-corrected chi connectivity index (χ0v) is 10.4. The first-order chi connectivity index (χ1) is 7.77. The maximum absolute atomic E-state index is 13.4. The van der Waals surface area contributed by atoms with E-state index in [-0.39, 0.29) is 5.82 Å². The second-order valence-corrected chi connectivity index (χ2v) is 4.63. The molecule has 1 aromatic rings. The van der Waals surface area contributed by atoms with Gasteiger partial charge in [0.2, 0.25) is 0 Å². The monoisotopic (exact) mass is 243 g/mol. The van der Waals surface area contributed by atoms with E-state index in [1.54, 1.807) is 24.9 Å². The van der Waals surface area contributed by atoms with Gasteiger partial charge in [-0.3, -0.25) is 0 Å². The molecule has 90 valence electrons. The molecule has 0 amide bonds. The van der Waals surface area contributed by atoms with Gasteiger partial charge in [-0.2, -0.15) is 11.8 Å². The van der Waals surface area contributed by atoms with Crippen molar-refractivity contribution in [2.75, 3.05) is 19.5 Å². The molecule has 1 aromatic carbocycles. The van der Waals surface area contributed by atoms with Gasteiger partial charge in [0, 0.05) is 26.0 Å². The normalized spacial score (nSPS) is 10.7. The molecule has 0 aliphatic heterocycles. The Kier molecular flexibility index (Phi) is 6.45. The van der Waals surface area contributed by atoms with E-state index in [4.69, 9.17) is 10.5 Å². The van der Waals surface area contributed by atoms with E-state index >= 15 is 0 Å². The van der Waals surface area contributed by atoms with Crippen LogP contribution >= 0.6 is 11.8 Å². The Morgan fingerprint density at radius 1 is 1.44 bits per heavy atom. The molecule has 0 unspecified atom stereocenters. The van der Waals surface area contributed by atoms with Crippen molar-refractivity contribution in [2.24, 2.45) is 5.73 Å². The Morgan fingerprint density at radius 2 is 2.25 bits per heavy atom. The summed E-state index contributed by atoms with van der Waals surface area (Å²) in [5, 5.41) is 0. The van der Waals surface area contributed by atoms with E-state index in [2.05, 4.69) is 0 Å². The molecule has 2 nitrogen and oxygen atoms in total. The molecule has 0 bridgehead atoms. The number of nitrogens with two attached hydrogens (primary N) is 1. The predicted octanol–water partition coefficient (Wildman–Crippen LogP) is 2.55. The number of thioether (sulfide) groups is 1. The second-order valence-electron chi connectivity index (χ2n) is 3.53. The van der Waals surface area contributed by atoms with Crippen LogP contribution in [0.5, 0.6) is 0 Å². The number of hydrogen-bond acceptors (Lipinski definition) is 3. The summed E-state index contributed by atoms with van der Waals surface area (Å²) in [7, 11) is 1.69. The van der Waals surface area contributed by atoms with E-state index in [0.29, 0.717) is 12.3 Å². The van der Waals surface area contributed by atoms with Gasteiger partial charge < -0.3 is 10.5 Å². The average molecular weight is 243 g/mol. The maximum atomic E-state index is 13.4. The molecule has 16 heavy (non-hydrogen) atoms. The Morgan fingerprint density at radius 3 is 2.94 bits per heavy atom. The Bertz CT molecular complexity index is 320. The molecule has 0 aliphatic rings. The van der Waals surface area contributed by atoms with Gasteiger partial charge in [-0.25, -0.2) is 4.39 Å². The summed E-state index contributed by atoms with van der Waals surface area (Å²) in [4.78, 5) is 0. The van der Waals surface area contributed by atoms with Crippen molar-refractivity contribution in [3.8, 4) is 0 Å². The molecular formula is C12H18FNOS. The number of benzene rings is 1. The fourth-order valence-corrected chi connectivity index (χ4v) is 2.26. The summed E-state index contributed by atoms with van der Waals surface area (Å²) in [5.74, 6) is 1.54. The minimum absolute atomic E-state index is 0.142. The van der Waals surface area contributed by atoms with Crippen LogP contribution in [0.3, 0.4) is 0 Å². The molecule has 0 radical (unpaired) electrons. The van der Waals surface area contributed by atoms with E-state index in [9.17, 15) is 4.39 Å². The van der Waals surface area contributed by atoms with Crippen LogP contribution in [0.2, 0.25) is 0 Å². The van der Waals surface area contributed by atoms with Crippen LogP contribution in [0.1, 0.15) is 17.5 Å². The predicted molar refractivity (Wildman–Crippen MR) is 66.9 cm³/mol. The van der Waals surface area contributed by atoms with Crippen molar-refractivity contribution in [1.29, 1.82) is 0 Å². The Labute approximate surface area is 100 Å². The van der Waals surface area contributed by atoms with Crippen molar-refractivity contribution >= 4 is 11.8 Å². The summed E-state index contributed by atoms with van der Waals surface area (Å²) in [5.41, 5.74) is 7.24. The first-order valence-corrected chi connectivity index (χ1v) is 6.47. The number of rotatable bonds is 7. The molecule has 0 saturated heterocycles. The maximum Gasteiger partial charge on any atom is 0.127 e. The summed E-state index contributed by atoms with van der Waals surface area (Å²) < 4.78 is 18.4. The highest BCUT2D eigenvalue weighted by Gasteiger charge is 2.03. The second kappa shape index (κ2) is 7.65. The molecule has 4 heteroatoms. The van der Waals surface area contributed by atoms with E-state index in [1.165, 1.54) is 6.07 Å². The van der Waals surface area contributed by atoms with Gasteiger partial charge in [0.25, 0.3) is 0 Å². The number of hydrogen-bond donors (Lipinski definition) is 1. The largest absolute Gasteiger partial charge is 0.385 e. The zero-order chi connectivity index (χ0) is 11.8. The molecule has 0 saturated carbocycles. The molecule has 0 fully saturated rings. The van der Waals surface area contributed by atoms with Crippen LogP contribution in [0.15, 0.2) is 18.2 Å². The summed E-state index contributed by atoms with van der Waals surface area (Å²) in [6.07, 6.45) is 0.999. The highest BCUT2D eigenvalue weighted by atomic mass is 32.2. The highest BCUT2D eigenvalue weighted by Crippen LogP contribution is 2.17. The van der Waals surface area contributed by atoms with Gasteiger partial charge >= 0.3 is 0 Å². The van der Waals surface area contributed by atoms with Gasteiger partial charge in [-0.1, -0.05) is 12.1 Å². The van der Waals surface area contributed by atoms with Crippen LogP contribution < -0.4 is 5.73 Å². The number of ether oxygens (including phenoxy) is 1. The van der Waals surface area contributed by atoms with E-state index in [0.717, 1.165) is 29.9 Å². The third-order valence-electron chi connectivity index (χ3n) is 2.24. The lowest BCUT2D eigenvalue weighted by atomic mass is 10.1. The average Bonchev–Trinajstić information content (AvgIpc) is 2.31. The first-order valence-electron chi connectivity index (χ1n) is 5.32. The third kappa shape index (κ3) is 4.51. The lowest BCUT2D eigenvalue weighted by Gasteiger charge is -2.05. The van der Waals surface area contributed by atoms with Crippen molar-refractivity contribution in [2.45, 2.75) is 18.7 Å². The SMILES string of the molecule is COCCCSCc1cc(CN)ccc1F. The number of halogens is 1. The van der Waals surface area contributed by atoms with Crippen LogP contribution in [-0.4, -0.2) is 19.5 Å². The van der Waals surface area contributed by atoms with Crippen LogP contribution in [0, 0.1) is 5.82 Å². The van der Waals surface area contributed by atoms with Crippen molar-refractivity contribution < 1.29 is 9.13 Å². The summed E-state index contributed by atoms with van der Waals surface area (Å²) >= 11 is 1.72. The van der Waals surface area contributed by atoms with Crippen molar-refractivity contribution in [3.05, 3.63) is 35.1 Å². The van der Waals surface area contributed by atoms with Gasteiger partial charge in [-0.05, 0) is 29.4 Å².